The van der Waals surface area contributed by atoms with Gasteiger partial charge in [-0.3, -0.25) is 38.5 Å². The van der Waals surface area contributed by atoms with Crippen LogP contribution in [-0.4, -0.2) is 225 Å². The second-order valence-corrected chi connectivity index (χ2v) is 19.0. The van der Waals surface area contributed by atoms with E-state index in [1.54, 1.807) is 0 Å². The molecular weight excluding hydrogens is 979 g/mol. The fraction of sp³-hybridized carbons (Fsp3) is 0.740. The standard InChI is InChI=1S/C50H99N19O7/c1-39(50(76)64-17-4-26-66(29-9-46(72)60-21-14-52)30-10-47(73)61-22-15-53)36-68(28-8-44(56)70)34-24-58-41(3)5-18-57-19-6-45(71)63-25-33-67(27-7-40(2)55)31-11-49(75)65-38-69(32-12-48(74)62-23-16-54)37-42-35-43(42)59-20-13-51/h35,39,42,57-59H,2-34,36-38,51-55H2,1H3,(H2,56,70)(H,60,72)(H,61,73)(H,62,74)(H,63,71)(H,64,76)(H,65,75)/t39-,42?/m1/s1. The largest absolute Gasteiger partial charge is 0.402 e. The maximum Gasteiger partial charge on any atom is 0.224 e. The first kappa shape index (κ1) is 68.6. The summed E-state index contributed by atoms with van der Waals surface area (Å²) >= 11 is 0. The first-order valence-electron chi connectivity index (χ1n) is 27.1. The minimum Gasteiger partial charge on any atom is -0.402 e. The maximum atomic E-state index is 13.1. The summed E-state index contributed by atoms with van der Waals surface area (Å²) in [6.07, 6.45) is 5.36. The van der Waals surface area contributed by atoms with Gasteiger partial charge in [0, 0.05) is 218 Å². The number of amides is 7. The molecule has 436 valence electrons. The molecule has 1 aliphatic rings. The molecular formula is C50H99N19O7. The Kier molecular flexibility index (Phi) is 39.4. The van der Waals surface area contributed by atoms with Crippen molar-refractivity contribution in [3.8, 4) is 0 Å². The highest BCUT2D eigenvalue weighted by Gasteiger charge is 2.27. The van der Waals surface area contributed by atoms with Crippen molar-refractivity contribution >= 4 is 41.4 Å². The van der Waals surface area contributed by atoms with Gasteiger partial charge in [-0.05, 0) is 25.8 Å². The Morgan fingerprint density at radius 3 is 1.54 bits per heavy atom. The van der Waals surface area contributed by atoms with Crippen LogP contribution in [-0.2, 0) is 33.6 Å². The highest BCUT2D eigenvalue weighted by atomic mass is 16.2. The number of nitrogens with two attached hydrogens (primary N) is 6. The van der Waals surface area contributed by atoms with Gasteiger partial charge < -0.3 is 97.0 Å². The van der Waals surface area contributed by atoms with Gasteiger partial charge in [-0.1, -0.05) is 26.2 Å². The van der Waals surface area contributed by atoms with E-state index in [2.05, 4.69) is 72.0 Å². The molecule has 7 amide bonds. The van der Waals surface area contributed by atoms with E-state index >= 15 is 0 Å². The lowest BCUT2D eigenvalue weighted by molar-refractivity contribution is -0.125. The summed E-state index contributed by atoms with van der Waals surface area (Å²) in [5, 5.41) is 27.1. The summed E-state index contributed by atoms with van der Waals surface area (Å²) in [5.74, 6) is -1.28. The second kappa shape index (κ2) is 43.6. The van der Waals surface area contributed by atoms with Crippen LogP contribution in [0.15, 0.2) is 36.3 Å². The summed E-state index contributed by atoms with van der Waals surface area (Å²) in [5.41, 5.74) is 35.9. The normalized spacial score (nSPS) is 13.2. The van der Waals surface area contributed by atoms with Crippen LogP contribution in [0.3, 0.4) is 0 Å². The van der Waals surface area contributed by atoms with E-state index in [0.29, 0.717) is 189 Å². The van der Waals surface area contributed by atoms with Crippen molar-refractivity contribution in [3.05, 3.63) is 36.3 Å². The van der Waals surface area contributed by atoms with E-state index in [9.17, 15) is 33.6 Å². The van der Waals surface area contributed by atoms with Crippen LogP contribution >= 0.6 is 0 Å². The van der Waals surface area contributed by atoms with E-state index in [0.717, 1.165) is 11.4 Å². The Balaban J connectivity index is 2.46. The second-order valence-electron chi connectivity index (χ2n) is 19.0. The van der Waals surface area contributed by atoms with Gasteiger partial charge in [-0.2, -0.15) is 0 Å². The molecule has 0 saturated carbocycles. The Hall–Kier alpha value is -5.45. The third-order valence-corrected chi connectivity index (χ3v) is 12.2. The molecule has 1 unspecified atom stereocenters. The monoisotopic (exact) mass is 1080 g/mol. The molecule has 0 fully saturated rings. The van der Waals surface area contributed by atoms with Crippen molar-refractivity contribution < 1.29 is 33.6 Å². The number of rotatable bonds is 51. The number of carbonyl (C=O) groups excluding carboxylic acids is 7. The van der Waals surface area contributed by atoms with Gasteiger partial charge in [0.05, 0.1) is 6.67 Å². The average molecular weight is 1080 g/mol. The van der Waals surface area contributed by atoms with E-state index in [1.165, 1.54) is 0 Å². The molecule has 0 saturated heterocycles. The van der Waals surface area contributed by atoms with Crippen molar-refractivity contribution in [1.29, 1.82) is 0 Å². The van der Waals surface area contributed by atoms with E-state index in [1.807, 2.05) is 21.6 Å². The Bertz CT molecular complexity index is 1730. The predicted molar refractivity (Wildman–Crippen MR) is 298 cm³/mol. The summed E-state index contributed by atoms with van der Waals surface area (Å²) in [6.45, 7) is 21.5. The molecule has 1 rings (SSSR count). The molecule has 0 aliphatic heterocycles. The number of hydrogen-bond acceptors (Lipinski definition) is 19. The van der Waals surface area contributed by atoms with Gasteiger partial charge in [-0.15, -0.1) is 0 Å². The number of nitrogens with zero attached hydrogens (tertiary/aromatic N) is 4. The van der Waals surface area contributed by atoms with Crippen LogP contribution in [0, 0.1) is 11.8 Å². The zero-order chi connectivity index (χ0) is 56.4. The molecule has 26 nitrogen and oxygen atoms in total. The quantitative estimate of drug-likeness (QED) is 0.0200. The molecule has 1 aliphatic carbocycles. The molecule has 26 heteroatoms. The van der Waals surface area contributed by atoms with Crippen LogP contribution in [0.4, 0.5) is 0 Å². The predicted octanol–water partition coefficient (Wildman–Crippen LogP) is -5.42. The summed E-state index contributed by atoms with van der Waals surface area (Å²) in [7, 11) is 0. The molecule has 0 radical (unpaired) electrons. The van der Waals surface area contributed by atoms with Crippen molar-refractivity contribution in [1.82, 2.24) is 67.5 Å². The van der Waals surface area contributed by atoms with Crippen molar-refractivity contribution in [2.24, 2.45) is 46.2 Å². The van der Waals surface area contributed by atoms with E-state index in [4.69, 9.17) is 34.4 Å². The number of carbonyl (C=O) groups is 7. The zero-order valence-corrected chi connectivity index (χ0v) is 45.8. The maximum absolute atomic E-state index is 13.1. The summed E-state index contributed by atoms with van der Waals surface area (Å²) in [4.78, 5) is 95.3. The first-order valence-corrected chi connectivity index (χ1v) is 27.1. The minimum atomic E-state index is -0.432. The van der Waals surface area contributed by atoms with Gasteiger partial charge >= 0.3 is 0 Å². The van der Waals surface area contributed by atoms with Gasteiger partial charge in [-0.25, -0.2) is 0 Å². The molecule has 0 heterocycles. The fourth-order valence-electron chi connectivity index (χ4n) is 7.65. The SMILES string of the molecule is C=C(N)CCN(CCNC(=O)CCNCCC(=C)NCCN(CCC(N)=O)C[C@@H](C)C(=O)NCCCN(CCC(=O)NCCN)CCC(=O)NCCN)CCC(=O)NCN(CCC(=O)NCCN)CC1C=C1NCCN. The summed E-state index contributed by atoms with van der Waals surface area (Å²) in [6, 6.07) is 0. The van der Waals surface area contributed by atoms with Gasteiger partial charge in [0.1, 0.15) is 0 Å². The van der Waals surface area contributed by atoms with Crippen molar-refractivity contribution in [2.45, 2.75) is 64.7 Å². The molecule has 0 aromatic carbocycles. The third-order valence-electron chi connectivity index (χ3n) is 12.2. The number of primary amides is 1. The molecule has 0 aromatic heterocycles. The number of nitrogens with one attached hydrogen (secondary N) is 9. The minimum absolute atomic E-state index is 0.0937. The highest BCUT2D eigenvalue weighted by molar-refractivity contribution is 5.79. The van der Waals surface area contributed by atoms with E-state index < -0.39 is 5.91 Å². The van der Waals surface area contributed by atoms with Crippen molar-refractivity contribution in [3.63, 3.8) is 0 Å². The van der Waals surface area contributed by atoms with Crippen LogP contribution in [0.2, 0.25) is 0 Å². The average Bonchev–Trinajstić information content (AvgIpc) is 4.14. The Morgan fingerprint density at radius 2 is 0.974 bits per heavy atom. The molecule has 0 bridgehead atoms. The molecule has 21 N–H and O–H groups in total. The Morgan fingerprint density at radius 1 is 0.500 bits per heavy atom. The van der Waals surface area contributed by atoms with Crippen LogP contribution < -0.4 is 82.3 Å². The Labute approximate surface area is 452 Å². The molecule has 76 heavy (non-hydrogen) atoms. The van der Waals surface area contributed by atoms with E-state index in [-0.39, 0.29) is 85.8 Å². The van der Waals surface area contributed by atoms with Crippen molar-refractivity contribution in [2.75, 3.05) is 164 Å². The van der Waals surface area contributed by atoms with Crippen LogP contribution in [0.25, 0.3) is 0 Å². The number of hydrogen-bond donors (Lipinski definition) is 15. The van der Waals surface area contributed by atoms with Crippen LogP contribution in [0.1, 0.15) is 64.7 Å². The molecule has 0 aromatic rings. The molecule has 0 spiro atoms. The van der Waals surface area contributed by atoms with Gasteiger partial charge in [0.15, 0.2) is 0 Å². The van der Waals surface area contributed by atoms with Gasteiger partial charge in [0.2, 0.25) is 41.4 Å². The van der Waals surface area contributed by atoms with Crippen LogP contribution in [0.5, 0.6) is 0 Å². The molecule has 2 atom stereocenters. The highest BCUT2D eigenvalue weighted by Crippen LogP contribution is 2.26. The summed E-state index contributed by atoms with van der Waals surface area (Å²) < 4.78 is 0. The topological polar surface area (TPSA) is 397 Å². The third kappa shape index (κ3) is 38.1. The smallest absolute Gasteiger partial charge is 0.224 e. The van der Waals surface area contributed by atoms with Gasteiger partial charge in [0.25, 0.3) is 0 Å². The lowest BCUT2D eigenvalue weighted by Crippen LogP contribution is -2.43. The first-order chi connectivity index (χ1) is 36.5. The fourth-order valence-corrected chi connectivity index (χ4v) is 7.65. The lowest BCUT2D eigenvalue weighted by atomic mass is 10.1. The zero-order valence-electron chi connectivity index (χ0n) is 45.8. The lowest BCUT2D eigenvalue weighted by Gasteiger charge is -2.26.